The lowest BCUT2D eigenvalue weighted by molar-refractivity contribution is 0.488. The maximum absolute atomic E-state index is 5.58. The van der Waals surface area contributed by atoms with Gasteiger partial charge in [-0.1, -0.05) is 12.8 Å². The lowest BCUT2D eigenvalue weighted by atomic mass is 10.1. The molecule has 1 fully saturated rings. The van der Waals surface area contributed by atoms with Crippen LogP contribution in [0.2, 0.25) is 0 Å². The first-order chi connectivity index (χ1) is 6.79. The molecule has 0 spiro atoms. The number of hydrazine groups is 1. The number of aryl methyl sites for hydroxylation is 1. The van der Waals surface area contributed by atoms with Gasteiger partial charge < -0.3 is 0 Å². The number of nitrogens with two attached hydrogens (primary N) is 1. The summed E-state index contributed by atoms with van der Waals surface area (Å²) >= 11 is 1.85. The lowest BCUT2D eigenvalue weighted by Gasteiger charge is -2.13. The summed E-state index contributed by atoms with van der Waals surface area (Å²) in [4.78, 5) is 2.75. The second-order valence-corrected chi connectivity index (χ2v) is 5.51. The second-order valence-electron chi connectivity index (χ2n) is 4.19. The molecule has 0 bridgehead atoms. The number of rotatable bonds is 5. The fraction of sp³-hybridized carbons (Fsp3) is 0.636. The molecule has 3 N–H and O–H groups in total. The van der Waals surface area contributed by atoms with E-state index in [-0.39, 0.29) is 0 Å². The summed E-state index contributed by atoms with van der Waals surface area (Å²) in [6.45, 7) is 2.14. The Morgan fingerprint density at radius 2 is 2.36 bits per heavy atom. The summed E-state index contributed by atoms with van der Waals surface area (Å²) in [6, 6.07) is 4.73. The van der Waals surface area contributed by atoms with Crippen LogP contribution in [0.4, 0.5) is 0 Å². The van der Waals surface area contributed by atoms with Gasteiger partial charge in [-0.2, -0.15) is 0 Å². The third-order valence-corrected chi connectivity index (χ3v) is 3.98. The molecule has 1 atom stereocenters. The summed E-state index contributed by atoms with van der Waals surface area (Å²) in [5.74, 6) is 6.57. The van der Waals surface area contributed by atoms with Crippen LogP contribution in [0.15, 0.2) is 12.1 Å². The molecule has 0 saturated heterocycles. The zero-order valence-electron chi connectivity index (χ0n) is 8.62. The van der Waals surface area contributed by atoms with Gasteiger partial charge in [0.1, 0.15) is 0 Å². The topological polar surface area (TPSA) is 38.0 Å². The van der Waals surface area contributed by atoms with Gasteiger partial charge in [-0.3, -0.25) is 11.3 Å². The molecule has 1 aliphatic carbocycles. The second kappa shape index (κ2) is 4.43. The van der Waals surface area contributed by atoms with Gasteiger partial charge in [0.2, 0.25) is 0 Å². The van der Waals surface area contributed by atoms with E-state index in [1.807, 2.05) is 11.3 Å². The van der Waals surface area contributed by atoms with Crippen molar-refractivity contribution in [3.63, 3.8) is 0 Å². The summed E-state index contributed by atoms with van der Waals surface area (Å²) in [7, 11) is 0. The number of hydrogen-bond donors (Lipinski definition) is 2. The van der Waals surface area contributed by atoms with E-state index in [1.165, 1.54) is 35.4 Å². The van der Waals surface area contributed by atoms with Gasteiger partial charge >= 0.3 is 0 Å². The van der Waals surface area contributed by atoms with Crippen LogP contribution in [0.1, 0.15) is 41.5 Å². The van der Waals surface area contributed by atoms with E-state index < -0.39 is 0 Å². The van der Waals surface area contributed by atoms with Crippen LogP contribution in [0.25, 0.3) is 0 Å². The molecular weight excluding hydrogens is 192 g/mol. The Labute approximate surface area is 89.5 Å². The molecule has 0 amide bonds. The maximum atomic E-state index is 5.58. The van der Waals surface area contributed by atoms with Crippen molar-refractivity contribution < 1.29 is 0 Å². The highest BCUT2D eigenvalue weighted by Crippen LogP contribution is 2.36. The average molecular weight is 210 g/mol. The van der Waals surface area contributed by atoms with Gasteiger partial charge in [0.25, 0.3) is 0 Å². The van der Waals surface area contributed by atoms with E-state index in [4.69, 9.17) is 5.84 Å². The monoisotopic (exact) mass is 210 g/mol. The maximum Gasteiger partial charge on any atom is 0.0553 e. The minimum atomic E-state index is 0.370. The van der Waals surface area contributed by atoms with E-state index >= 15 is 0 Å². The predicted molar refractivity (Wildman–Crippen MR) is 61.1 cm³/mol. The first kappa shape index (κ1) is 10.1. The van der Waals surface area contributed by atoms with Crippen molar-refractivity contribution in [3.8, 4) is 0 Å². The molecule has 14 heavy (non-hydrogen) atoms. The third-order valence-electron chi connectivity index (χ3n) is 2.87. The number of hydrogen-bond acceptors (Lipinski definition) is 3. The highest BCUT2D eigenvalue weighted by molar-refractivity contribution is 7.12. The first-order valence-corrected chi connectivity index (χ1v) is 6.13. The normalized spacial score (nSPS) is 18.4. The van der Waals surface area contributed by atoms with Gasteiger partial charge in [0.15, 0.2) is 0 Å². The van der Waals surface area contributed by atoms with Gasteiger partial charge in [0, 0.05) is 9.75 Å². The summed E-state index contributed by atoms with van der Waals surface area (Å²) < 4.78 is 0. The average Bonchev–Trinajstić information content (AvgIpc) is 2.90. The Bertz CT molecular complexity index is 291. The summed E-state index contributed by atoms with van der Waals surface area (Å²) in [6.07, 6.45) is 5.37. The first-order valence-electron chi connectivity index (χ1n) is 5.32. The highest BCUT2D eigenvalue weighted by atomic mass is 32.1. The predicted octanol–water partition coefficient (Wildman–Crippen LogP) is 2.75. The Kier molecular flexibility index (Phi) is 3.21. The van der Waals surface area contributed by atoms with Crippen molar-refractivity contribution in [1.29, 1.82) is 0 Å². The fourth-order valence-corrected chi connectivity index (χ4v) is 2.73. The van der Waals surface area contributed by atoms with Gasteiger partial charge in [0.05, 0.1) is 6.04 Å². The zero-order chi connectivity index (χ0) is 9.97. The Morgan fingerprint density at radius 3 is 2.86 bits per heavy atom. The van der Waals surface area contributed by atoms with E-state index in [2.05, 4.69) is 24.5 Å². The van der Waals surface area contributed by atoms with E-state index in [0.717, 1.165) is 5.92 Å². The van der Waals surface area contributed by atoms with Crippen LogP contribution in [-0.2, 0) is 0 Å². The molecule has 1 aliphatic rings. The van der Waals surface area contributed by atoms with Crippen LogP contribution in [0.5, 0.6) is 0 Å². The van der Waals surface area contributed by atoms with Gasteiger partial charge in [-0.05, 0) is 37.8 Å². The van der Waals surface area contributed by atoms with Crippen molar-refractivity contribution >= 4 is 11.3 Å². The quantitative estimate of drug-likeness (QED) is 0.579. The smallest absolute Gasteiger partial charge is 0.0553 e. The Hall–Kier alpha value is -0.380. The van der Waals surface area contributed by atoms with Gasteiger partial charge in [-0.25, -0.2) is 0 Å². The number of thiophene rings is 1. The SMILES string of the molecule is Cc1ccc(C(CCC2CC2)NN)s1. The molecule has 0 radical (unpaired) electrons. The molecule has 78 valence electrons. The van der Waals surface area contributed by atoms with Crippen LogP contribution < -0.4 is 11.3 Å². The largest absolute Gasteiger partial charge is 0.271 e. The molecule has 1 saturated carbocycles. The fourth-order valence-electron chi connectivity index (χ4n) is 1.76. The minimum absolute atomic E-state index is 0.370. The molecule has 1 unspecified atom stereocenters. The van der Waals surface area contributed by atoms with Crippen LogP contribution in [-0.4, -0.2) is 0 Å². The highest BCUT2D eigenvalue weighted by Gasteiger charge is 2.23. The van der Waals surface area contributed by atoms with Crippen LogP contribution >= 0.6 is 11.3 Å². The Morgan fingerprint density at radius 1 is 1.57 bits per heavy atom. The van der Waals surface area contributed by atoms with E-state index in [9.17, 15) is 0 Å². The van der Waals surface area contributed by atoms with Crippen molar-refractivity contribution in [2.75, 3.05) is 0 Å². The van der Waals surface area contributed by atoms with Crippen molar-refractivity contribution in [3.05, 3.63) is 21.9 Å². The van der Waals surface area contributed by atoms with Crippen molar-refractivity contribution in [1.82, 2.24) is 5.43 Å². The van der Waals surface area contributed by atoms with Gasteiger partial charge in [-0.15, -0.1) is 11.3 Å². The van der Waals surface area contributed by atoms with E-state index in [0.29, 0.717) is 6.04 Å². The molecule has 2 rings (SSSR count). The van der Waals surface area contributed by atoms with Crippen LogP contribution in [0, 0.1) is 12.8 Å². The van der Waals surface area contributed by atoms with Crippen LogP contribution in [0.3, 0.4) is 0 Å². The molecule has 1 aromatic heterocycles. The standard InChI is InChI=1S/C11H18N2S/c1-8-2-7-11(14-8)10(13-12)6-5-9-3-4-9/h2,7,9-10,13H,3-6,12H2,1H3. The molecular formula is C11H18N2S. The summed E-state index contributed by atoms with van der Waals surface area (Å²) in [5, 5.41) is 0. The zero-order valence-corrected chi connectivity index (χ0v) is 9.44. The van der Waals surface area contributed by atoms with Crippen molar-refractivity contribution in [2.45, 2.75) is 38.6 Å². The lowest BCUT2D eigenvalue weighted by Crippen LogP contribution is -2.27. The summed E-state index contributed by atoms with van der Waals surface area (Å²) in [5.41, 5.74) is 2.93. The molecule has 0 aliphatic heterocycles. The molecule has 1 aromatic rings. The molecule has 0 aromatic carbocycles. The molecule has 3 heteroatoms. The molecule has 1 heterocycles. The molecule has 2 nitrogen and oxygen atoms in total. The Balaban J connectivity index is 1.90. The number of nitrogens with one attached hydrogen (secondary N) is 1. The van der Waals surface area contributed by atoms with Crippen molar-refractivity contribution in [2.24, 2.45) is 11.8 Å². The van der Waals surface area contributed by atoms with E-state index in [1.54, 1.807) is 0 Å². The third kappa shape index (κ3) is 2.56. The minimum Gasteiger partial charge on any atom is -0.271 e.